The first kappa shape index (κ1) is 18.4. The van der Waals surface area contributed by atoms with Crippen LogP contribution in [0.5, 0.6) is 0 Å². The highest BCUT2D eigenvalue weighted by Gasteiger charge is 2.22. The molecule has 0 aromatic rings. The van der Waals surface area contributed by atoms with E-state index in [1.165, 1.54) is 0 Å². The fourth-order valence-corrected chi connectivity index (χ4v) is 2.31. The number of nitrogens with zero attached hydrogens (tertiary/aromatic N) is 1. The number of rotatable bonds is 9. The van der Waals surface area contributed by atoms with Crippen molar-refractivity contribution in [2.24, 2.45) is 5.41 Å². The van der Waals surface area contributed by atoms with Crippen molar-refractivity contribution in [1.29, 1.82) is 0 Å². The molecule has 0 aliphatic rings. The molecule has 0 saturated carbocycles. The highest BCUT2D eigenvalue weighted by molar-refractivity contribution is 5.81. The van der Waals surface area contributed by atoms with Gasteiger partial charge in [-0.05, 0) is 39.8 Å². The van der Waals surface area contributed by atoms with Crippen LogP contribution < -0.4 is 10.6 Å². The molecule has 2 N–H and O–H groups in total. The van der Waals surface area contributed by atoms with Gasteiger partial charge in [0.15, 0.2) is 0 Å². The number of amides is 1. The van der Waals surface area contributed by atoms with Crippen molar-refractivity contribution in [2.75, 3.05) is 27.2 Å². The lowest BCUT2D eigenvalue weighted by atomic mass is 9.92. The maximum atomic E-state index is 12.0. The molecule has 4 heteroatoms. The molecule has 2 atom stereocenters. The quantitative estimate of drug-likeness (QED) is 0.673. The molecule has 2 unspecified atom stereocenters. The molecular formula is C15H33N3O. The minimum absolute atomic E-state index is 0.0987. The van der Waals surface area contributed by atoms with Gasteiger partial charge in [0.2, 0.25) is 5.91 Å². The van der Waals surface area contributed by atoms with E-state index in [1.54, 1.807) is 0 Å². The van der Waals surface area contributed by atoms with Gasteiger partial charge in [0.25, 0.3) is 0 Å². The van der Waals surface area contributed by atoms with Crippen LogP contribution in [0.1, 0.15) is 47.5 Å². The topological polar surface area (TPSA) is 44.4 Å². The zero-order valence-corrected chi connectivity index (χ0v) is 13.8. The molecule has 0 fully saturated rings. The number of carbonyl (C=O) groups excluding carboxylic acids is 1. The van der Waals surface area contributed by atoms with Crippen molar-refractivity contribution in [3.05, 3.63) is 0 Å². The van der Waals surface area contributed by atoms with Crippen LogP contribution >= 0.6 is 0 Å². The third-order valence-corrected chi connectivity index (χ3v) is 3.13. The molecular weight excluding hydrogens is 238 g/mol. The summed E-state index contributed by atoms with van der Waals surface area (Å²) in [6.45, 7) is 12.4. The predicted molar refractivity (Wildman–Crippen MR) is 82.3 cm³/mol. The van der Waals surface area contributed by atoms with E-state index in [0.717, 1.165) is 25.9 Å². The smallest absolute Gasteiger partial charge is 0.237 e. The Hall–Kier alpha value is -0.610. The monoisotopic (exact) mass is 271 g/mol. The van der Waals surface area contributed by atoms with E-state index in [4.69, 9.17) is 0 Å². The average molecular weight is 271 g/mol. The summed E-state index contributed by atoms with van der Waals surface area (Å²) in [5.74, 6) is 0.0987. The second-order valence-corrected chi connectivity index (χ2v) is 6.70. The van der Waals surface area contributed by atoms with Gasteiger partial charge in [-0.2, -0.15) is 0 Å². The average Bonchev–Trinajstić information content (AvgIpc) is 2.24. The highest BCUT2D eigenvalue weighted by atomic mass is 16.2. The van der Waals surface area contributed by atoms with E-state index in [1.807, 2.05) is 6.92 Å². The Morgan fingerprint density at radius 2 is 1.84 bits per heavy atom. The Bertz CT molecular complexity index is 264. The maximum absolute atomic E-state index is 12.0. The van der Waals surface area contributed by atoms with E-state index >= 15 is 0 Å². The van der Waals surface area contributed by atoms with Crippen molar-refractivity contribution in [2.45, 2.75) is 59.5 Å². The molecule has 0 bridgehead atoms. The van der Waals surface area contributed by atoms with Crippen LogP contribution in [-0.2, 0) is 4.79 Å². The minimum Gasteiger partial charge on any atom is -0.352 e. The molecule has 1 amide bonds. The number of hydrogen-bond donors (Lipinski definition) is 2. The Balaban J connectivity index is 4.09. The van der Waals surface area contributed by atoms with Gasteiger partial charge >= 0.3 is 0 Å². The Morgan fingerprint density at radius 3 is 2.32 bits per heavy atom. The summed E-state index contributed by atoms with van der Waals surface area (Å²) in [5, 5.41) is 6.38. The SMILES string of the molecule is CCCC(C)NC(=O)C(C)NCC(C)(C)CN(C)C. The van der Waals surface area contributed by atoms with E-state index in [0.29, 0.717) is 0 Å². The fourth-order valence-electron chi connectivity index (χ4n) is 2.31. The first-order chi connectivity index (χ1) is 8.68. The maximum Gasteiger partial charge on any atom is 0.237 e. The standard InChI is InChI=1S/C15H33N3O/c1-8-9-12(2)17-14(19)13(3)16-10-15(4,5)11-18(6)7/h12-13,16H,8-11H2,1-7H3,(H,17,19). The van der Waals surface area contributed by atoms with Crippen molar-refractivity contribution in [3.63, 3.8) is 0 Å². The first-order valence-electron chi connectivity index (χ1n) is 7.36. The molecule has 0 saturated heterocycles. The normalized spacial score (nSPS) is 15.4. The Kier molecular flexibility index (Phi) is 8.26. The molecule has 0 rings (SSSR count). The number of hydrogen-bond acceptors (Lipinski definition) is 3. The van der Waals surface area contributed by atoms with Gasteiger partial charge in [-0.1, -0.05) is 27.2 Å². The van der Waals surface area contributed by atoms with E-state index < -0.39 is 0 Å². The second-order valence-electron chi connectivity index (χ2n) is 6.70. The first-order valence-corrected chi connectivity index (χ1v) is 7.36. The largest absolute Gasteiger partial charge is 0.352 e. The summed E-state index contributed by atoms with van der Waals surface area (Å²) in [5.41, 5.74) is 0.160. The fraction of sp³-hybridized carbons (Fsp3) is 0.933. The summed E-state index contributed by atoms with van der Waals surface area (Å²) in [7, 11) is 4.15. The summed E-state index contributed by atoms with van der Waals surface area (Å²) in [6, 6.07) is 0.122. The zero-order valence-electron chi connectivity index (χ0n) is 13.8. The van der Waals surface area contributed by atoms with E-state index in [9.17, 15) is 4.79 Å². The van der Waals surface area contributed by atoms with Gasteiger partial charge in [0.1, 0.15) is 0 Å². The van der Waals surface area contributed by atoms with Crippen LogP contribution in [0.15, 0.2) is 0 Å². The van der Waals surface area contributed by atoms with Gasteiger partial charge in [0.05, 0.1) is 6.04 Å². The molecule has 0 aliphatic carbocycles. The summed E-state index contributed by atoms with van der Waals surface area (Å²) < 4.78 is 0. The number of nitrogens with one attached hydrogen (secondary N) is 2. The lowest BCUT2D eigenvalue weighted by Crippen LogP contribution is -2.49. The van der Waals surface area contributed by atoms with Crippen molar-refractivity contribution < 1.29 is 4.79 Å². The van der Waals surface area contributed by atoms with Crippen molar-refractivity contribution in [3.8, 4) is 0 Å². The Morgan fingerprint density at radius 1 is 1.26 bits per heavy atom. The van der Waals surface area contributed by atoms with Gasteiger partial charge < -0.3 is 15.5 Å². The second kappa shape index (κ2) is 8.54. The molecule has 0 heterocycles. The van der Waals surface area contributed by atoms with Gasteiger partial charge in [-0.3, -0.25) is 4.79 Å². The lowest BCUT2D eigenvalue weighted by molar-refractivity contribution is -0.123. The summed E-state index contributed by atoms with van der Waals surface area (Å²) in [4.78, 5) is 14.2. The molecule has 0 aromatic carbocycles. The molecule has 114 valence electrons. The van der Waals surface area contributed by atoms with Gasteiger partial charge in [0, 0.05) is 19.1 Å². The predicted octanol–water partition coefficient (Wildman–Crippen LogP) is 1.86. The van der Waals surface area contributed by atoms with Crippen LogP contribution in [0.4, 0.5) is 0 Å². The molecule has 0 spiro atoms. The highest BCUT2D eigenvalue weighted by Crippen LogP contribution is 2.14. The van der Waals surface area contributed by atoms with Gasteiger partial charge in [-0.15, -0.1) is 0 Å². The molecule has 19 heavy (non-hydrogen) atoms. The van der Waals surface area contributed by atoms with Crippen molar-refractivity contribution >= 4 is 5.91 Å². The van der Waals surface area contributed by atoms with E-state index in [2.05, 4.69) is 57.3 Å². The third kappa shape index (κ3) is 9.00. The molecule has 4 nitrogen and oxygen atoms in total. The van der Waals surface area contributed by atoms with Crippen LogP contribution in [0, 0.1) is 5.41 Å². The van der Waals surface area contributed by atoms with Crippen LogP contribution in [-0.4, -0.2) is 50.1 Å². The Labute approximate surface area is 119 Å². The van der Waals surface area contributed by atoms with Crippen LogP contribution in [0.25, 0.3) is 0 Å². The van der Waals surface area contributed by atoms with Crippen LogP contribution in [0.3, 0.4) is 0 Å². The molecule has 0 aromatic heterocycles. The van der Waals surface area contributed by atoms with Gasteiger partial charge in [-0.25, -0.2) is 0 Å². The van der Waals surface area contributed by atoms with Crippen LogP contribution in [0.2, 0.25) is 0 Å². The molecule has 0 aliphatic heterocycles. The third-order valence-electron chi connectivity index (χ3n) is 3.13. The number of carbonyl (C=O) groups is 1. The molecule has 0 radical (unpaired) electrons. The summed E-state index contributed by atoms with van der Waals surface area (Å²) >= 11 is 0. The van der Waals surface area contributed by atoms with Crippen molar-refractivity contribution in [1.82, 2.24) is 15.5 Å². The lowest BCUT2D eigenvalue weighted by Gasteiger charge is -2.30. The van der Waals surface area contributed by atoms with E-state index in [-0.39, 0.29) is 23.4 Å². The minimum atomic E-state index is -0.138. The zero-order chi connectivity index (χ0) is 15.1. The summed E-state index contributed by atoms with van der Waals surface area (Å²) in [6.07, 6.45) is 2.13.